The molecule has 0 atom stereocenters. The van der Waals surface area contributed by atoms with E-state index >= 15 is 0 Å². The van der Waals surface area contributed by atoms with Gasteiger partial charge in [0.15, 0.2) is 0 Å². The van der Waals surface area contributed by atoms with Gasteiger partial charge < -0.3 is 4.74 Å². The lowest BCUT2D eigenvalue weighted by molar-refractivity contribution is 0.397. The molecule has 0 amide bonds. The first-order valence-corrected chi connectivity index (χ1v) is 3.86. The topological polar surface area (TPSA) is 70.9 Å². The third-order valence-electron chi connectivity index (χ3n) is 1.57. The molecule has 0 fully saturated rings. The van der Waals surface area contributed by atoms with Crippen molar-refractivity contribution >= 4 is 0 Å². The number of rotatable bonds is 4. The van der Waals surface area contributed by atoms with Crippen molar-refractivity contribution in [2.45, 2.75) is 6.42 Å². The van der Waals surface area contributed by atoms with Gasteiger partial charge in [0, 0.05) is 23.7 Å². The lowest BCUT2D eigenvalue weighted by Gasteiger charge is -1.99. The quantitative estimate of drug-likeness (QED) is 0.401. The van der Waals surface area contributed by atoms with E-state index in [1.54, 1.807) is 19.4 Å². The second-order valence-electron chi connectivity index (χ2n) is 2.41. The fraction of sp³-hybridized carbons (Fsp3) is 0.375. The van der Waals surface area contributed by atoms with Crippen molar-refractivity contribution in [2.75, 3.05) is 13.7 Å². The molecule has 0 aliphatic rings. The van der Waals surface area contributed by atoms with Crippen LogP contribution in [0.3, 0.4) is 0 Å². The highest BCUT2D eigenvalue weighted by atomic mass is 16.5. The minimum atomic E-state index is 0.463. The van der Waals surface area contributed by atoms with Crippen molar-refractivity contribution in [3.05, 3.63) is 34.3 Å². The molecule has 68 valence electrons. The third kappa shape index (κ3) is 3.01. The SMILES string of the molecule is COc1ccc(CCN=[N+]=[N-])cn1. The van der Waals surface area contributed by atoms with Crippen LogP contribution in [0.4, 0.5) is 0 Å². The molecule has 5 heteroatoms. The van der Waals surface area contributed by atoms with E-state index < -0.39 is 0 Å². The van der Waals surface area contributed by atoms with E-state index in [1.165, 1.54) is 0 Å². The van der Waals surface area contributed by atoms with E-state index in [0.717, 1.165) is 5.56 Å². The number of pyridine rings is 1. The smallest absolute Gasteiger partial charge is 0.212 e. The average Bonchev–Trinajstić information content (AvgIpc) is 2.19. The van der Waals surface area contributed by atoms with Gasteiger partial charge in [-0.2, -0.15) is 0 Å². The van der Waals surface area contributed by atoms with E-state index in [0.29, 0.717) is 18.8 Å². The summed E-state index contributed by atoms with van der Waals surface area (Å²) >= 11 is 0. The third-order valence-corrected chi connectivity index (χ3v) is 1.57. The van der Waals surface area contributed by atoms with Gasteiger partial charge in [0.2, 0.25) is 5.88 Å². The molecule has 0 radical (unpaired) electrons. The number of ether oxygens (including phenoxy) is 1. The van der Waals surface area contributed by atoms with Crippen LogP contribution in [0.5, 0.6) is 5.88 Å². The number of aromatic nitrogens is 1. The molecule has 0 aromatic carbocycles. The van der Waals surface area contributed by atoms with Crippen LogP contribution in [0.15, 0.2) is 23.4 Å². The summed E-state index contributed by atoms with van der Waals surface area (Å²) in [4.78, 5) is 6.68. The molecule has 1 aromatic heterocycles. The minimum absolute atomic E-state index is 0.463. The molecule has 1 heterocycles. The first-order chi connectivity index (χ1) is 6.36. The zero-order valence-electron chi connectivity index (χ0n) is 7.34. The van der Waals surface area contributed by atoms with E-state index in [9.17, 15) is 0 Å². The number of hydrogen-bond acceptors (Lipinski definition) is 3. The van der Waals surface area contributed by atoms with Gasteiger partial charge in [-0.1, -0.05) is 11.2 Å². The van der Waals surface area contributed by atoms with Crippen LogP contribution in [0.1, 0.15) is 5.56 Å². The maximum Gasteiger partial charge on any atom is 0.212 e. The summed E-state index contributed by atoms with van der Waals surface area (Å²) < 4.78 is 4.90. The van der Waals surface area contributed by atoms with Gasteiger partial charge in [0.1, 0.15) is 0 Å². The Balaban J connectivity index is 2.53. The second kappa shape index (κ2) is 5.00. The summed E-state index contributed by atoms with van der Waals surface area (Å²) in [5.41, 5.74) is 9.08. The van der Waals surface area contributed by atoms with E-state index in [-0.39, 0.29) is 0 Å². The Hall–Kier alpha value is -1.74. The Kier molecular flexibility index (Phi) is 3.60. The zero-order chi connectivity index (χ0) is 9.52. The number of methoxy groups -OCH3 is 1. The van der Waals surface area contributed by atoms with Gasteiger partial charge in [-0.05, 0) is 17.5 Å². The van der Waals surface area contributed by atoms with Crippen LogP contribution in [-0.4, -0.2) is 18.6 Å². The van der Waals surface area contributed by atoms with Gasteiger partial charge in [0.25, 0.3) is 0 Å². The van der Waals surface area contributed by atoms with Crippen LogP contribution >= 0.6 is 0 Å². The molecule has 0 aliphatic heterocycles. The van der Waals surface area contributed by atoms with Crippen molar-refractivity contribution in [3.8, 4) is 5.88 Å². The second-order valence-corrected chi connectivity index (χ2v) is 2.41. The first-order valence-electron chi connectivity index (χ1n) is 3.86. The Bertz CT molecular complexity index is 302. The van der Waals surface area contributed by atoms with Crippen LogP contribution < -0.4 is 4.74 Å². The Morgan fingerprint density at radius 1 is 1.62 bits per heavy atom. The monoisotopic (exact) mass is 178 g/mol. The molecule has 0 aliphatic carbocycles. The van der Waals surface area contributed by atoms with Gasteiger partial charge in [-0.3, -0.25) is 0 Å². The molecular weight excluding hydrogens is 168 g/mol. The fourth-order valence-electron chi connectivity index (χ4n) is 0.903. The lowest BCUT2D eigenvalue weighted by Crippen LogP contribution is -1.91. The predicted molar refractivity (Wildman–Crippen MR) is 48.5 cm³/mol. The van der Waals surface area contributed by atoms with Gasteiger partial charge in [-0.15, -0.1) is 0 Å². The molecule has 1 aromatic rings. The van der Waals surface area contributed by atoms with Crippen molar-refractivity contribution < 1.29 is 4.74 Å². The Morgan fingerprint density at radius 2 is 2.46 bits per heavy atom. The summed E-state index contributed by atoms with van der Waals surface area (Å²) in [5, 5.41) is 3.43. The van der Waals surface area contributed by atoms with Crippen LogP contribution in [-0.2, 0) is 6.42 Å². The molecule has 0 bridgehead atoms. The highest BCUT2D eigenvalue weighted by Crippen LogP contribution is 2.06. The molecule has 0 spiro atoms. The first kappa shape index (κ1) is 9.35. The molecule has 1 rings (SSSR count). The largest absolute Gasteiger partial charge is 0.481 e. The van der Waals surface area contributed by atoms with Crippen molar-refractivity contribution in [2.24, 2.45) is 5.11 Å². The normalized spacial score (nSPS) is 9.00. The van der Waals surface area contributed by atoms with E-state index in [1.807, 2.05) is 6.07 Å². The standard InChI is InChI=1S/C8H10N4O/c1-13-8-3-2-7(6-10-8)4-5-11-12-9/h2-3,6H,4-5H2,1H3. The summed E-state index contributed by atoms with van der Waals surface area (Å²) in [6.45, 7) is 0.463. The number of hydrogen-bond donors (Lipinski definition) is 0. The maximum absolute atomic E-state index is 8.05. The minimum Gasteiger partial charge on any atom is -0.481 e. The predicted octanol–water partition coefficient (Wildman–Crippen LogP) is 1.94. The van der Waals surface area contributed by atoms with Crippen molar-refractivity contribution in [1.82, 2.24) is 4.98 Å². The molecular formula is C8H10N4O. The molecule has 0 unspecified atom stereocenters. The van der Waals surface area contributed by atoms with Gasteiger partial charge >= 0.3 is 0 Å². The van der Waals surface area contributed by atoms with Crippen LogP contribution in [0.25, 0.3) is 10.4 Å². The van der Waals surface area contributed by atoms with E-state index in [2.05, 4.69) is 15.0 Å². The number of nitrogens with zero attached hydrogens (tertiary/aromatic N) is 4. The summed E-state index contributed by atoms with van der Waals surface area (Å²) in [6.07, 6.45) is 2.42. The zero-order valence-corrected chi connectivity index (χ0v) is 7.34. The van der Waals surface area contributed by atoms with Gasteiger partial charge in [-0.25, -0.2) is 4.98 Å². The highest BCUT2D eigenvalue weighted by Gasteiger charge is 1.93. The number of azide groups is 1. The van der Waals surface area contributed by atoms with Crippen molar-refractivity contribution in [3.63, 3.8) is 0 Å². The lowest BCUT2D eigenvalue weighted by atomic mass is 10.2. The van der Waals surface area contributed by atoms with Crippen molar-refractivity contribution in [1.29, 1.82) is 0 Å². The molecule has 5 nitrogen and oxygen atoms in total. The molecule has 0 saturated heterocycles. The highest BCUT2D eigenvalue weighted by molar-refractivity contribution is 5.17. The summed E-state index contributed by atoms with van der Waals surface area (Å²) in [7, 11) is 1.57. The molecule has 0 N–H and O–H groups in total. The molecule has 13 heavy (non-hydrogen) atoms. The summed E-state index contributed by atoms with van der Waals surface area (Å²) in [6, 6.07) is 3.68. The molecule has 0 saturated carbocycles. The van der Waals surface area contributed by atoms with E-state index in [4.69, 9.17) is 10.3 Å². The fourth-order valence-corrected chi connectivity index (χ4v) is 0.903. The summed E-state index contributed by atoms with van der Waals surface area (Å²) in [5.74, 6) is 0.590. The Morgan fingerprint density at radius 3 is 3.00 bits per heavy atom. The maximum atomic E-state index is 8.05. The van der Waals surface area contributed by atoms with Crippen LogP contribution in [0, 0.1) is 0 Å². The average molecular weight is 178 g/mol. The van der Waals surface area contributed by atoms with Crippen LogP contribution in [0.2, 0.25) is 0 Å². The Labute approximate surface area is 76.0 Å². The van der Waals surface area contributed by atoms with Gasteiger partial charge in [0.05, 0.1) is 7.11 Å².